The Kier molecular flexibility index (Phi) is 2.14. The molecular weight excluding hydrogens is 140 g/mol. The lowest BCUT2D eigenvalue weighted by Gasteiger charge is -1.90. The monoisotopic (exact) mass is 156 g/mol. The van der Waals surface area contributed by atoms with Gasteiger partial charge in [0.25, 0.3) is 0 Å². The number of rotatable bonds is 5. The van der Waals surface area contributed by atoms with E-state index in [9.17, 15) is 0 Å². The van der Waals surface area contributed by atoms with Crippen molar-refractivity contribution in [2.45, 2.75) is 50.9 Å². The Hall–Kier alpha value is -0.0800. The third-order valence-corrected chi connectivity index (χ3v) is 2.44. The predicted octanol–water partition coefficient (Wildman–Crippen LogP) is 1.73. The summed E-state index contributed by atoms with van der Waals surface area (Å²) in [6.07, 6.45) is 6.69. The third kappa shape index (κ3) is 2.17. The van der Waals surface area contributed by atoms with Crippen LogP contribution in [0.2, 0.25) is 0 Å². The molecule has 2 nitrogen and oxygen atoms in total. The summed E-state index contributed by atoms with van der Waals surface area (Å²) in [6, 6.07) is 0. The normalized spacial score (nSPS) is 40.6. The van der Waals surface area contributed by atoms with E-state index >= 15 is 0 Å². The van der Waals surface area contributed by atoms with Gasteiger partial charge in [0.05, 0.1) is 24.9 Å². The fraction of sp³-hybridized carbons (Fsp3) is 1.00. The lowest BCUT2D eigenvalue weighted by molar-refractivity contribution is 0.337. The second-order valence-corrected chi connectivity index (χ2v) is 3.53. The zero-order valence-corrected chi connectivity index (χ0v) is 7.08. The molecule has 2 aliphatic heterocycles. The van der Waals surface area contributed by atoms with Crippen LogP contribution >= 0.6 is 0 Å². The van der Waals surface area contributed by atoms with Crippen LogP contribution in [0, 0.1) is 0 Å². The zero-order chi connectivity index (χ0) is 7.68. The first-order valence-electron chi connectivity index (χ1n) is 4.67. The molecule has 64 valence electrons. The molecule has 2 heteroatoms. The fourth-order valence-electron chi connectivity index (χ4n) is 1.56. The minimum absolute atomic E-state index is 0.583. The minimum atomic E-state index is 0.583. The summed E-state index contributed by atoms with van der Waals surface area (Å²) < 4.78 is 10.6. The van der Waals surface area contributed by atoms with Gasteiger partial charge >= 0.3 is 0 Å². The summed E-state index contributed by atoms with van der Waals surface area (Å²) in [4.78, 5) is 0. The molecule has 0 aromatic carbocycles. The second-order valence-electron chi connectivity index (χ2n) is 3.53. The highest BCUT2D eigenvalue weighted by atomic mass is 16.6. The molecule has 0 aromatic rings. The Morgan fingerprint density at radius 1 is 1.18 bits per heavy atom. The number of hydrogen-bond donors (Lipinski definition) is 0. The molecule has 0 spiro atoms. The number of hydrogen-bond acceptors (Lipinski definition) is 2. The molecular formula is C9H16O2. The molecule has 0 bridgehead atoms. The van der Waals surface area contributed by atoms with Gasteiger partial charge in [0.1, 0.15) is 0 Å². The summed E-state index contributed by atoms with van der Waals surface area (Å²) in [5.74, 6) is 0. The number of ether oxygens (including phenoxy) is 2. The average Bonchev–Trinajstić information content (AvgIpc) is 2.79. The molecule has 2 fully saturated rings. The molecule has 3 unspecified atom stereocenters. The van der Waals surface area contributed by atoms with Crippen molar-refractivity contribution in [3.63, 3.8) is 0 Å². The first kappa shape index (κ1) is 7.56. The molecule has 0 aliphatic carbocycles. The Morgan fingerprint density at radius 2 is 1.91 bits per heavy atom. The lowest BCUT2D eigenvalue weighted by Crippen LogP contribution is -1.96. The first-order valence-corrected chi connectivity index (χ1v) is 4.67. The van der Waals surface area contributed by atoms with Crippen LogP contribution in [0.1, 0.15) is 32.6 Å². The van der Waals surface area contributed by atoms with Crippen molar-refractivity contribution in [3.05, 3.63) is 0 Å². The van der Waals surface area contributed by atoms with Gasteiger partial charge in [-0.15, -0.1) is 0 Å². The highest BCUT2D eigenvalue weighted by molar-refractivity contribution is 4.86. The van der Waals surface area contributed by atoms with Crippen molar-refractivity contribution < 1.29 is 9.47 Å². The van der Waals surface area contributed by atoms with Crippen LogP contribution in [0.5, 0.6) is 0 Å². The van der Waals surface area contributed by atoms with Crippen molar-refractivity contribution >= 4 is 0 Å². The van der Waals surface area contributed by atoms with Gasteiger partial charge in [-0.25, -0.2) is 0 Å². The molecule has 3 atom stereocenters. The van der Waals surface area contributed by atoms with Crippen LogP contribution in [0.4, 0.5) is 0 Å². The summed E-state index contributed by atoms with van der Waals surface area (Å²) >= 11 is 0. The summed E-state index contributed by atoms with van der Waals surface area (Å²) in [5, 5.41) is 0. The van der Waals surface area contributed by atoms with Crippen LogP contribution in [-0.4, -0.2) is 24.9 Å². The molecule has 2 rings (SSSR count). The summed E-state index contributed by atoms with van der Waals surface area (Å²) in [5.41, 5.74) is 0. The van der Waals surface area contributed by atoms with Crippen molar-refractivity contribution in [2.75, 3.05) is 6.61 Å². The van der Waals surface area contributed by atoms with E-state index in [1.54, 1.807) is 0 Å². The van der Waals surface area contributed by atoms with E-state index in [0.717, 1.165) is 6.61 Å². The van der Waals surface area contributed by atoms with Crippen LogP contribution in [0.25, 0.3) is 0 Å². The first-order chi connectivity index (χ1) is 5.40. The highest BCUT2D eigenvalue weighted by Crippen LogP contribution is 2.32. The quantitative estimate of drug-likeness (QED) is 0.566. The van der Waals surface area contributed by atoms with Gasteiger partial charge in [-0.05, 0) is 19.3 Å². The van der Waals surface area contributed by atoms with Crippen LogP contribution in [-0.2, 0) is 9.47 Å². The topological polar surface area (TPSA) is 25.1 Å². The maximum absolute atomic E-state index is 5.48. The largest absolute Gasteiger partial charge is 0.373 e. The van der Waals surface area contributed by atoms with Gasteiger partial charge in [-0.3, -0.25) is 0 Å². The molecule has 0 amide bonds. The fourth-order valence-corrected chi connectivity index (χ4v) is 1.56. The Bertz CT molecular complexity index is 132. The molecule has 0 radical (unpaired) electrons. The standard InChI is InChI=1S/C9H16O2/c1-2-3-8-9(11-8)5-4-7-6-10-7/h7-9H,2-6H2,1H3. The van der Waals surface area contributed by atoms with E-state index in [2.05, 4.69) is 6.92 Å². The smallest absolute Gasteiger partial charge is 0.0842 e. The van der Waals surface area contributed by atoms with Crippen molar-refractivity contribution in [2.24, 2.45) is 0 Å². The Labute approximate surface area is 67.9 Å². The van der Waals surface area contributed by atoms with E-state index in [1.165, 1.54) is 25.7 Å². The van der Waals surface area contributed by atoms with Crippen molar-refractivity contribution in [3.8, 4) is 0 Å². The van der Waals surface area contributed by atoms with Gasteiger partial charge in [-0.1, -0.05) is 13.3 Å². The Balaban J connectivity index is 1.52. The minimum Gasteiger partial charge on any atom is -0.373 e. The van der Waals surface area contributed by atoms with Gasteiger partial charge < -0.3 is 9.47 Å². The third-order valence-electron chi connectivity index (χ3n) is 2.44. The van der Waals surface area contributed by atoms with E-state index in [0.29, 0.717) is 18.3 Å². The predicted molar refractivity (Wildman–Crippen MR) is 42.5 cm³/mol. The lowest BCUT2D eigenvalue weighted by atomic mass is 10.1. The molecule has 2 saturated heterocycles. The molecule has 0 saturated carbocycles. The van der Waals surface area contributed by atoms with Crippen LogP contribution in [0.15, 0.2) is 0 Å². The summed E-state index contributed by atoms with van der Waals surface area (Å²) in [7, 11) is 0. The number of epoxide rings is 2. The second kappa shape index (κ2) is 3.11. The molecule has 11 heavy (non-hydrogen) atoms. The van der Waals surface area contributed by atoms with Gasteiger partial charge in [0.15, 0.2) is 0 Å². The van der Waals surface area contributed by atoms with E-state index < -0.39 is 0 Å². The average molecular weight is 156 g/mol. The Morgan fingerprint density at radius 3 is 2.55 bits per heavy atom. The van der Waals surface area contributed by atoms with Crippen LogP contribution < -0.4 is 0 Å². The molecule has 0 N–H and O–H groups in total. The molecule has 2 heterocycles. The maximum Gasteiger partial charge on any atom is 0.0842 e. The van der Waals surface area contributed by atoms with E-state index in [1.807, 2.05) is 0 Å². The van der Waals surface area contributed by atoms with Gasteiger partial charge in [0, 0.05) is 0 Å². The summed E-state index contributed by atoms with van der Waals surface area (Å²) in [6.45, 7) is 3.20. The van der Waals surface area contributed by atoms with Crippen molar-refractivity contribution in [1.82, 2.24) is 0 Å². The maximum atomic E-state index is 5.48. The zero-order valence-electron chi connectivity index (χ0n) is 7.08. The van der Waals surface area contributed by atoms with Gasteiger partial charge in [0.2, 0.25) is 0 Å². The van der Waals surface area contributed by atoms with Crippen LogP contribution in [0.3, 0.4) is 0 Å². The highest BCUT2D eigenvalue weighted by Gasteiger charge is 2.38. The SMILES string of the molecule is CCCC1OC1CCC1CO1. The van der Waals surface area contributed by atoms with E-state index in [-0.39, 0.29) is 0 Å². The van der Waals surface area contributed by atoms with Gasteiger partial charge in [-0.2, -0.15) is 0 Å². The molecule has 0 aromatic heterocycles. The van der Waals surface area contributed by atoms with E-state index in [4.69, 9.17) is 9.47 Å². The van der Waals surface area contributed by atoms with Crippen molar-refractivity contribution in [1.29, 1.82) is 0 Å². The molecule has 2 aliphatic rings.